The maximum atomic E-state index is 12.9. The van der Waals surface area contributed by atoms with Crippen molar-refractivity contribution in [2.75, 3.05) is 0 Å². The first-order chi connectivity index (χ1) is 16.0. The van der Waals surface area contributed by atoms with Crippen molar-refractivity contribution in [2.24, 2.45) is 7.05 Å². The summed E-state index contributed by atoms with van der Waals surface area (Å²) in [4.78, 5) is 21.6. The van der Waals surface area contributed by atoms with Crippen molar-refractivity contribution in [1.82, 2.24) is 19.3 Å². The topological polar surface area (TPSA) is 82.2 Å². The maximum Gasteiger partial charge on any atom is 0.387 e. The number of fused-ring (bicyclic) bond motifs is 1. The van der Waals surface area contributed by atoms with E-state index in [-0.39, 0.29) is 17.9 Å². The van der Waals surface area contributed by atoms with Crippen LogP contribution in [0.2, 0.25) is 0 Å². The van der Waals surface area contributed by atoms with Gasteiger partial charge in [-0.15, -0.1) is 0 Å². The lowest BCUT2D eigenvalue weighted by Gasteiger charge is -2.17. The van der Waals surface area contributed by atoms with Crippen LogP contribution < -0.4 is 10.3 Å². The minimum absolute atomic E-state index is 0.0671. The molecule has 0 saturated heterocycles. The minimum Gasteiger partial charge on any atom is -0.434 e. The molecule has 178 valence electrons. The van der Waals surface area contributed by atoms with Crippen LogP contribution in [0.5, 0.6) is 5.75 Å². The quantitative estimate of drug-likeness (QED) is 0.457. The number of hydrogen-bond acceptors (Lipinski definition) is 5. The first kappa shape index (κ1) is 23.6. The Morgan fingerprint density at radius 2 is 1.88 bits per heavy atom. The second-order valence-corrected chi connectivity index (χ2v) is 8.86. The van der Waals surface area contributed by atoms with E-state index in [1.165, 1.54) is 10.7 Å². The number of halogens is 2. The van der Waals surface area contributed by atoms with Crippen LogP contribution in [0.1, 0.15) is 36.5 Å². The fraction of sp³-hybridized carbons (Fsp3) is 0.320. The summed E-state index contributed by atoms with van der Waals surface area (Å²) in [6.07, 6.45) is 1.65. The number of hydrogen-bond donors (Lipinski definition) is 1. The van der Waals surface area contributed by atoms with Crippen LogP contribution in [0.4, 0.5) is 8.78 Å². The average Bonchev–Trinajstić information content (AvgIpc) is 2.99. The van der Waals surface area contributed by atoms with Crippen molar-refractivity contribution in [2.45, 2.75) is 46.5 Å². The average molecular weight is 469 g/mol. The van der Waals surface area contributed by atoms with E-state index >= 15 is 0 Å². The third-order valence-electron chi connectivity index (χ3n) is 5.75. The van der Waals surface area contributed by atoms with Gasteiger partial charge in [0.2, 0.25) is 0 Å². The SMILES string of the molecule is Cc1ccc(OC(F)F)c(Cn2c3cc(-c4cnc(C(C)(C)O)nc4C)ccc3c(=O)n2C)c1. The Hall–Kier alpha value is -3.59. The van der Waals surface area contributed by atoms with Gasteiger partial charge in [-0.1, -0.05) is 23.8 Å². The predicted octanol–water partition coefficient (Wildman–Crippen LogP) is 4.29. The van der Waals surface area contributed by atoms with E-state index in [4.69, 9.17) is 4.74 Å². The van der Waals surface area contributed by atoms with Gasteiger partial charge >= 0.3 is 6.61 Å². The van der Waals surface area contributed by atoms with Crippen LogP contribution in [0.25, 0.3) is 22.0 Å². The van der Waals surface area contributed by atoms with Gasteiger partial charge in [-0.3, -0.25) is 14.2 Å². The van der Waals surface area contributed by atoms with Gasteiger partial charge in [0.25, 0.3) is 5.56 Å². The number of ether oxygens (including phenoxy) is 1. The molecular weight excluding hydrogens is 442 g/mol. The molecule has 0 spiro atoms. The summed E-state index contributed by atoms with van der Waals surface area (Å²) in [5, 5.41) is 10.7. The molecule has 0 bridgehead atoms. The van der Waals surface area contributed by atoms with Crippen LogP contribution in [0, 0.1) is 13.8 Å². The largest absolute Gasteiger partial charge is 0.434 e. The van der Waals surface area contributed by atoms with Crippen molar-refractivity contribution in [3.05, 3.63) is 75.6 Å². The Balaban J connectivity index is 1.83. The molecule has 0 atom stereocenters. The zero-order valence-corrected chi connectivity index (χ0v) is 19.6. The Kier molecular flexibility index (Phi) is 5.99. The van der Waals surface area contributed by atoms with Crippen LogP contribution in [-0.2, 0) is 19.2 Å². The summed E-state index contributed by atoms with van der Waals surface area (Å²) < 4.78 is 33.8. The maximum absolute atomic E-state index is 12.9. The van der Waals surface area contributed by atoms with Gasteiger partial charge < -0.3 is 9.84 Å². The van der Waals surface area contributed by atoms with Crippen molar-refractivity contribution < 1.29 is 18.6 Å². The van der Waals surface area contributed by atoms with Gasteiger partial charge in [0.1, 0.15) is 11.4 Å². The highest BCUT2D eigenvalue weighted by molar-refractivity contribution is 5.84. The van der Waals surface area contributed by atoms with Gasteiger partial charge in [-0.05, 0) is 51.5 Å². The van der Waals surface area contributed by atoms with Crippen molar-refractivity contribution in [3.8, 4) is 16.9 Å². The minimum atomic E-state index is -2.95. The lowest BCUT2D eigenvalue weighted by Crippen LogP contribution is -2.20. The smallest absolute Gasteiger partial charge is 0.387 e. The second-order valence-electron chi connectivity index (χ2n) is 8.86. The lowest BCUT2D eigenvalue weighted by molar-refractivity contribution is -0.0505. The van der Waals surface area contributed by atoms with Gasteiger partial charge in [0.15, 0.2) is 5.82 Å². The molecule has 0 unspecified atom stereocenters. The second kappa shape index (κ2) is 8.64. The van der Waals surface area contributed by atoms with Crippen LogP contribution in [0.15, 0.2) is 47.4 Å². The van der Waals surface area contributed by atoms with Crippen molar-refractivity contribution >= 4 is 10.9 Å². The van der Waals surface area contributed by atoms with Crippen LogP contribution in [0.3, 0.4) is 0 Å². The Morgan fingerprint density at radius 3 is 2.53 bits per heavy atom. The first-order valence-corrected chi connectivity index (χ1v) is 10.8. The summed E-state index contributed by atoms with van der Waals surface area (Å²) >= 11 is 0. The molecule has 0 aliphatic carbocycles. The number of aromatic nitrogens is 4. The number of aryl methyl sites for hydroxylation is 2. The summed E-state index contributed by atoms with van der Waals surface area (Å²) in [6, 6.07) is 10.4. The zero-order valence-electron chi connectivity index (χ0n) is 19.6. The van der Waals surface area contributed by atoms with Crippen LogP contribution in [-0.4, -0.2) is 31.0 Å². The van der Waals surface area contributed by atoms with Crippen LogP contribution >= 0.6 is 0 Å². The highest BCUT2D eigenvalue weighted by Crippen LogP contribution is 2.28. The molecule has 9 heteroatoms. The molecule has 1 N–H and O–H groups in total. The molecule has 0 radical (unpaired) electrons. The summed E-state index contributed by atoms with van der Waals surface area (Å²) in [6.45, 7) is 4.14. The molecule has 2 aromatic heterocycles. The molecular formula is C25H26F2N4O3. The summed E-state index contributed by atoms with van der Waals surface area (Å²) in [7, 11) is 1.64. The molecule has 0 aliphatic heterocycles. The molecule has 7 nitrogen and oxygen atoms in total. The normalized spacial score (nSPS) is 12.0. The monoisotopic (exact) mass is 468 g/mol. The highest BCUT2D eigenvalue weighted by atomic mass is 19.3. The first-order valence-electron chi connectivity index (χ1n) is 10.8. The van der Waals surface area contributed by atoms with Crippen molar-refractivity contribution in [1.29, 1.82) is 0 Å². The van der Waals surface area contributed by atoms with Gasteiger partial charge in [0, 0.05) is 30.1 Å². The van der Waals surface area contributed by atoms with Gasteiger partial charge in [-0.25, -0.2) is 9.97 Å². The number of benzene rings is 2. The van der Waals surface area contributed by atoms with Crippen molar-refractivity contribution in [3.63, 3.8) is 0 Å². The standard InChI is InChI=1S/C25H26F2N4O3/c1-14-6-9-21(34-24(26)27)17(10-14)13-31-20-11-16(7-8-18(20)22(32)30(31)5)19-12-28-23(25(3,4)33)29-15(19)2/h6-12,24,33H,13H2,1-5H3. The van der Waals surface area contributed by atoms with E-state index in [1.54, 1.807) is 50.0 Å². The molecule has 2 heterocycles. The van der Waals surface area contributed by atoms with E-state index in [1.807, 2.05) is 26.0 Å². The Bertz CT molecular complexity index is 1430. The number of nitrogens with zero attached hydrogens (tertiary/aromatic N) is 4. The third-order valence-corrected chi connectivity index (χ3v) is 5.75. The highest BCUT2D eigenvalue weighted by Gasteiger charge is 2.21. The molecule has 4 rings (SSSR count). The van der Waals surface area contributed by atoms with E-state index in [0.29, 0.717) is 28.0 Å². The molecule has 0 amide bonds. The van der Waals surface area contributed by atoms with E-state index in [9.17, 15) is 18.7 Å². The van der Waals surface area contributed by atoms with E-state index in [2.05, 4.69) is 9.97 Å². The fourth-order valence-electron chi connectivity index (χ4n) is 3.98. The lowest BCUT2D eigenvalue weighted by atomic mass is 10.0. The zero-order chi connectivity index (χ0) is 24.8. The Morgan fingerprint density at radius 1 is 1.15 bits per heavy atom. The molecule has 2 aromatic carbocycles. The molecule has 0 saturated carbocycles. The molecule has 0 aliphatic rings. The fourth-order valence-corrected chi connectivity index (χ4v) is 3.98. The number of rotatable bonds is 6. The molecule has 34 heavy (non-hydrogen) atoms. The summed E-state index contributed by atoms with van der Waals surface area (Å²) in [5.74, 6) is 0.384. The molecule has 4 aromatic rings. The third kappa shape index (κ3) is 4.43. The van der Waals surface area contributed by atoms with E-state index < -0.39 is 12.2 Å². The van der Waals surface area contributed by atoms with Gasteiger partial charge in [0.05, 0.1) is 17.4 Å². The number of alkyl halides is 2. The van der Waals surface area contributed by atoms with Gasteiger partial charge in [-0.2, -0.15) is 8.78 Å². The van der Waals surface area contributed by atoms with E-state index in [0.717, 1.165) is 16.7 Å². The number of aliphatic hydroxyl groups is 1. The summed E-state index contributed by atoms with van der Waals surface area (Å²) in [5.41, 5.74) is 2.93. The Labute approximate surface area is 195 Å². The predicted molar refractivity (Wildman–Crippen MR) is 125 cm³/mol. The molecule has 0 fully saturated rings.